The largest absolute Gasteiger partial charge is 0.347 e. The van der Waals surface area contributed by atoms with Crippen LogP contribution >= 0.6 is 11.6 Å². The van der Waals surface area contributed by atoms with Gasteiger partial charge >= 0.3 is 5.69 Å². The van der Waals surface area contributed by atoms with Crippen molar-refractivity contribution >= 4 is 11.6 Å². The molecule has 1 aromatic heterocycles. The molecule has 4 heteroatoms. The Kier molecular flexibility index (Phi) is 5.00. The summed E-state index contributed by atoms with van der Waals surface area (Å²) in [7, 11) is 0. The molecule has 0 aliphatic heterocycles. The Bertz CT molecular complexity index is 400. The first-order chi connectivity index (χ1) is 7.54. The fraction of sp³-hybridized carbons (Fsp3) is 0.667. The van der Waals surface area contributed by atoms with E-state index >= 15 is 0 Å². The molecular formula is C12H19ClN2O. The normalized spacial score (nSPS) is 12.8. The lowest BCUT2D eigenvalue weighted by atomic mass is 10.1. The molecule has 0 spiro atoms. The minimum Gasteiger partial charge on any atom is -0.297 e. The van der Waals surface area contributed by atoms with Crippen LogP contribution < -0.4 is 5.69 Å². The number of hydrogen-bond donors (Lipinski definition) is 0. The second-order valence-corrected chi connectivity index (χ2v) is 4.72. The molecule has 0 amide bonds. The quantitative estimate of drug-likeness (QED) is 0.744. The van der Waals surface area contributed by atoms with Crippen molar-refractivity contribution in [3.05, 3.63) is 27.9 Å². The molecule has 1 atom stereocenters. The van der Waals surface area contributed by atoms with Crippen LogP contribution in [0.4, 0.5) is 0 Å². The zero-order valence-corrected chi connectivity index (χ0v) is 10.9. The minimum atomic E-state index is -0.143. The minimum absolute atomic E-state index is 0.143. The molecule has 0 aliphatic carbocycles. The third kappa shape index (κ3) is 3.63. The zero-order chi connectivity index (χ0) is 12.1. The molecule has 1 aromatic rings. The average Bonchev–Trinajstić information content (AvgIpc) is 2.16. The fourth-order valence-corrected chi connectivity index (χ4v) is 2.10. The standard InChI is InChI=1S/C12H19ClN2O/c1-9(4-6-13)5-7-15-11(3)8-10(2)14-12(15)16/h8-9H,4-7H2,1-3H3. The van der Waals surface area contributed by atoms with Crippen LogP contribution in [0.5, 0.6) is 0 Å². The number of aromatic nitrogens is 2. The fourth-order valence-electron chi connectivity index (χ4n) is 1.73. The van der Waals surface area contributed by atoms with Gasteiger partial charge in [-0.1, -0.05) is 6.92 Å². The summed E-state index contributed by atoms with van der Waals surface area (Å²) in [4.78, 5) is 15.6. The van der Waals surface area contributed by atoms with Crippen LogP contribution in [0.25, 0.3) is 0 Å². The van der Waals surface area contributed by atoms with Gasteiger partial charge in [-0.25, -0.2) is 4.79 Å². The lowest BCUT2D eigenvalue weighted by Gasteiger charge is -2.13. The van der Waals surface area contributed by atoms with Crippen LogP contribution in [0.15, 0.2) is 10.9 Å². The van der Waals surface area contributed by atoms with Gasteiger partial charge in [0, 0.05) is 23.8 Å². The van der Waals surface area contributed by atoms with Gasteiger partial charge in [-0.15, -0.1) is 11.6 Å². The molecule has 0 saturated heterocycles. The highest BCUT2D eigenvalue weighted by Crippen LogP contribution is 2.10. The Morgan fingerprint density at radius 1 is 1.44 bits per heavy atom. The second kappa shape index (κ2) is 6.04. The zero-order valence-electron chi connectivity index (χ0n) is 10.2. The molecule has 0 N–H and O–H groups in total. The van der Waals surface area contributed by atoms with Crippen molar-refractivity contribution in [3.63, 3.8) is 0 Å². The Morgan fingerprint density at radius 3 is 2.69 bits per heavy atom. The van der Waals surface area contributed by atoms with Crippen molar-refractivity contribution in [2.75, 3.05) is 5.88 Å². The number of alkyl halides is 1. The predicted molar refractivity (Wildman–Crippen MR) is 67.1 cm³/mol. The summed E-state index contributed by atoms with van der Waals surface area (Å²) in [6.07, 6.45) is 1.97. The van der Waals surface area contributed by atoms with Gasteiger partial charge in [-0.3, -0.25) is 4.57 Å². The summed E-state index contributed by atoms with van der Waals surface area (Å²) in [6, 6.07) is 1.94. The average molecular weight is 243 g/mol. The smallest absolute Gasteiger partial charge is 0.297 e. The Morgan fingerprint density at radius 2 is 2.12 bits per heavy atom. The summed E-state index contributed by atoms with van der Waals surface area (Å²) in [6.45, 7) is 6.68. The molecule has 1 heterocycles. The predicted octanol–water partition coefficient (Wildman–Crippen LogP) is 2.52. The SMILES string of the molecule is Cc1cc(C)n(CCC(C)CCCl)c(=O)n1. The van der Waals surface area contributed by atoms with Gasteiger partial charge in [0.25, 0.3) is 0 Å². The van der Waals surface area contributed by atoms with Gasteiger partial charge in [0.05, 0.1) is 0 Å². The van der Waals surface area contributed by atoms with Crippen LogP contribution in [0, 0.1) is 19.8 Å². The van der Waals surface area contributed by atoms with Crippen molar-refractivity contribution < 1.29 is 0 Å². The van der Waals surface area contributed by atoms with Gasteiger partial charge in [-0.2, -0.15) is 4.98 Å². The number of rotatable bonds is 5. The summed E-state index contributed by atoms with van der Waals surface area (Å²) < 4.78 is 1.73. The third-order valence-corrected chi connectivity index (χ3v) is 3.01. The van der Waals surface area contributed by atoms with Crippen molar-refractivity contribution in [2.45, 2.75) is 40.2 Å². The Labute approximate surface area is 101 Å². The molecule has 1 unspecified atom stereocenters. The van der Waals surface area contributed by atoms with E-state index in [0.717, 1.165) is 30.8 Å². The van der Waals surface area contributed by atoms with E-state index in [4.69, 9.17) is 11.6 Å². The maximum Gasteiger partial charge on any atom is 0.347 e. The molecule has 0 bridgehead atoms. The van der Waals surface area contributed by atoms with E-state index in [1.807, 2.05) is 19.9 Å². The number of halogens is 1. The summed E-state index contributed by atoms with van der Waals surface area (Å²) >= 11 is 5.68. The monoisotopic (exact) mass is 242 g/mol. The lowest BCUT2D eigenvalue weighted by molar-refractivity contribution is 0.456. The van der Waals surface area contributed by atoms with Crippen LogP contribution in [-0.2, 0) is 6.54 Å². The van der Waals surface area contributed by atoms with E-state index in [1.165, 1.54) is 0 Å². The highest BCUT2D eigenvalue weighted by molar-refractivity contribution is 6.17. The molecule has 90 valence electrons. The van der Waals surface area contributed by atoms with Gasteiger partial charge in [-0.05, 0) is 38.7 Å². The van der Waals surface area contributed by atoms with Crippen LogP contribution in [0.1, 0.15) is 31.2 Å². The van der Waals surface area contributed by atoms with Crippen molar-refractivity contribution in [1.82, 2.24) is 9.55 Å². The highest BCUT2D eigenvalue weighted by atomic mass is 35.5. The summed E-state index contributed by atoms with van der Waals surface area (Å²) in [5.74, 6) is 1.23. The van der Waals surface area contributed by atoms with E-state index in [-0.39, 0.29) is 5.69 Å². The van der Waals surface area contributed by atoms with E-state index in [1.54, 1.807) is 4.57 Å². The highest BCUT2D eigenvalue weighted by Gasteiger charge is 2.06. The number of hydrogen-bond acceptors (Lipinski definition) is 2. The third-order valence-electron chi connectivity index (χ3n) is 2.79. The molecular weight excluding hydrogens is 224 g/mol. The Hall–Kier alpha value is -0.830. The first-order valence-electron chi connectivity index (χ1n) is 5.65. The van der Waals surface area contributed by atoms with E-state index in [2.05, 4.69) is 11.9 Å². The molecule has 0 fully saturated rings. The topological polar surface area (TPSA) is 34.9 Å². The summed E-state index contributed by atoms with van der Waals surface area (Å²) in [5, 5.41) is 0. The molecule has 0 aliphatic rings. The van der Waals surface area contributed by atoms with Gasteiger partial charge in [0.15, 0.2) is 0 Å². The van der Waals surface area contributed by atoms with Crippen molar-refractivity contribution in [3.8, 4) is 0 Å². The number of nitrogens with zero attached hydrogens (tertiary/aromatic N) is 2. The molecule has 3 nitrogen and oxygen atoms in total. The van der Waals surface area contributed by atoms with Gasteiger partial charge < -0.3 is 0 Å². The van der Waals surface area contributed by atoms with Crippen LogP contribution in [0.2, 0.25) is 0 Å². The van der Waals surface area contributed by atoms with E-state index in [9.17, 15) is 4.79 Å². The van der Waals surface area contributed by atoms with Crippen LogP contribution in [-0.4, -0.2) is 15.4 Å². The maximum atomic E-state index is 11.7. The molecule has 0 aromatic carbocycles. The molecule has 16 heavy (non-hydrogen) atoms. The first kappa shape index (κ1) is 13.2. The summed E-state index contributed by atoms with van der Waals surface area (Å²) in [5.41, 5.74) is 1.62. The van der Waals surface area contributed by atoms with Gasteiger partial charge in [0.1, 0.15) is 0 Å². The maximum absolute atomic E-state index is 11.7. The second-order valence-electron chi connectivity index (χ2n) is 4.34. The Balaban J connectivity index is 2.71. The first-order valence-corrected chi connectivity index (χ1v) is 6.19. The van der Waals surface area contributed by atoms with Crippen molar-refractivity contribution in [2.24, 2.45) is 5.92 Å². The van der Waals surface area contributed by atoms with Gasteiger partial charge in [0.2, 0.25) is 0 Å². The van der Waals surface area contributed by atoms with E-state index < -0.39 is 0 Å². The van der Waals surface area contributed by atoms with Crippen molar-refractivity contribution in [1.29, 1.82) is 0 Å². The molecule has 0 saturated carbocycles. The molecule has 1 rings (SSSR count). The molecule has 0 radical (unpaired) electrons. The number of aryl methyl sites for hydroxylation is 2. The lowest BCUT2D eigenvalue weighted by Crippen LogP contribution is -2.26. The van der Waals surface area contributed by atoms with Crippen LogP contribution in [0.3, 0.4) is 0 Å². The van der Waals surface area contributed by atoms with E-state index in [0.29, 0.717) is 11.8 Å².